The van der Waals surface area contributed by atoms with Crippen LogP contribution in [0.1, 0.15) is 21.5 Å². The zero-order chi connectivity index (χ0) is 12.3. The first-order chi connectivity index (χ1) is 8.18. The molecule has 0 saturated carbocycles. The van der Waals surface area contributed by atoms with Crippen LogP contribution < -0.4 is 0 Å². The van der Waals surface area contributed by atoms with E-state index in [1.807, 2.05) is 6.07 Å². The van der Waals surface area contributed by atoms with Gasteiger partial charge in [0.15, 0.2) is 0 Å². The molecule has 2 rings (SSSR count). The predicted molar refractivity (Wildman–Crippen MR) is 80.7 cm³/mol. The Morgan fingerprint density at radius 2 is 1.65 bits per heavy atom. The fraction of sp³-hybridized carbons (Fsp3) is 0.200. The molecule has 0 aromatic heterocycles. The molecule has 0 bridgehead atoms. The van der Waals surface area contributed by atoms with Crippen molar-refractivity contribution in [3.05, 3.63) is 69.7 Å². The van der Waals surface area contributed by atoms with Crippen LogP contribution in [0.25, 0.3) is 0 Å². The summed E-state index contributed by atoms with van der Waals surface area (Å²) >= 11 is 7.38. The van der Waals surface area contributed by atoms with Crippen molar-refractivity contribution >= 4 is 31.9 Å². The van der Waals surface area contributed by atoms with Crippen LogP contribution in [0.4, 0.5) is 0 Å². The molecule has 0 amide bonds. The Kier molecular flexibility index (Phi) is 4.41. The van der Waals surface area contributed by atoms with Crippen molar-refractivity contribution in [1.82, 2.24) is 0 Å². The molecule has 0 nitrogen and oxygen atoms in total. The number of alkyl halides is 1. The minimum atomic E-state index is 0.346. The molecular formula is C15H14Br2. The van der Waals surface area contributed by atoms with Crippen molar-refractivity contribution in [2.75, 3.05) is 0 Å². The van der Waals surface area contributed by atoms with E-state index in [0.29, 0.717) is 4.83 Å². The van der Waals surface area contributed by atoms with Crippen LogP contribution in [0.2, 0.25) is 0 Å². The normalized spacial score (nSPS) is 12.4. The van der Waals surface area contributed by atoms with E-state index in [0.717, 1.165) is 10.9 Å². The van der Waals surface area contributed by atoms with Crippen molar-refractivity contribution in [3.8, 4) is 0 Å². The summed E-state index contributed by atoms with van der Waals surface area (Å²) in [7, 11) is 0. The van der Waals surface area contributed by atoms with Gasteiger partial charge in [-0.1, -0.05) is 74.3 Å². The van der Waals surface area contributed by atoms with Gasteiger partial charge in [-0.25, -0.2) is 0 Å². The van der Waals surface area contributed by atoms with Gasteiger partial charge < -0.3 is 0 Å². The van der Waals surface area contributed by atoms with Gasteiger partial charge in [0.05, 0.1) is 0 Å². The third-order valence-electron chi connectivity index (χ3n) is 2.90. The van der Waals surface area contributed by atoms with Gasteiger partial charge in [-0.05, 0) is 36.1 Å². The highest BCUT2D eigenvalue weighted by Crippen LogP contribution is 2.32. The molecule has 0 N–H and O–H groups in total. The minimum absolute atomic E-state index is 0.346. The summed E-state index contributed by atoms with van der Waals surface area (Å²) in [6.07, 6.45) is 1.01. The minimum Gasteiger partial charge on any atom is -0.0835 e. The number of aryl methyl sites for hydroxylation is 1. The molecule has 0 heterocycles. The lowest BCUT2D eigenvalue weighted by molar-refractivity contribution is 0.933. The number of halogens is 2. The monoisotopic (exact) mass is 352 g/mol. The first-order valence-corrected chi connectivity index (χ1v) is 7.32. The number of hydrogen-bond donors (Lipinski definition) is 0. The second-order valence-electron chi connectivity index (χ2n) is 4.12. The van der Waals surface area contributed by atoms with Gasteiger partial charge >= 0.3 is 0 Å². The first kappa shape index (κ1) is 12.8. The van der Waals surface area contributed by atoms with E-state index in [9.17, 15) is 0 Å². The highest BCUT2D eigenvalue weighted by molar-refractivity contribution is 9.11. The van der Waals surface area contributed by atoms with E-state index in [-0.39, 0.29) is 0 Å². The SMILES string of the molecule is Cc1ccccc1CC(Br)c1ccccc1Br. The average molecular weight is 354 g/mol. The zero-order valence-electron chi connectivity index (χ0n) is 9.66. The molecule has 17 heavy (non-hydrogen) atoms. The zero-order valence-corrected chi connectivity index (χ0v) is 12.8. The Bertz CT molecular complexity index is 506. The molecule has 0 radical (unpaired) electrons. The summed E-state index contributed by atoms with van der Waals surface area (Å²) in [5, 5.41) is 0. The second kappa shape index (κ2) is 5.83. The molecule has 1 unspecified atom stereocenters. The lowest BCUT2D eigenvalue weighted by atomic mass is 10.0. The van der Waals surface area contributed by atoms with Crippen molar-refractivity contribution in [3.63, 3.8) is 0 Å². The Hall–Kier alpha value is -0.600. The molecule has 0 aliphatic heterocycles. The van der Waals surface area contributed by atoms with Crippen LogP contribution in [0.3, 0.4) is 0 Å². The van der Waals surface area contributed by atoms with Gasteiger partial charge in [-0.2, -0.15) is 0 Å². The van der Waals surface area contributed by atoms with E-state index < -0.39 is 0 Å². The van der Waals surface area contributed by atoms with Crippen LogP contribution in [0.5, 0.6) is 0 Å². The second-order valence-corrected chi connectivity index (χ2v) is 6.08. The summed E-state index contributed by atoms with van der Waals surface area (Å²) < 4.78 is 1.16. The first-order valence-electron chi connectivity index (χ1n) is 5.61. The van der Waals surface area contributed by atoms with Crippen molar-refractivity contribution in [2.45, 2.75) is 18.2 Å². The van der Waals surface area contributed by atoms with Crippen LogP contribution in [-0.4, -0.2) is 0 Å². The summed E-state index contributed by atoms with van der Waals surface area (Å²) in [5.74, 6) is 0. The Morgan fingerprint density at radius 1 is 1.00 bits per heavy atom. The highest BCUT2D eigenvalue weighted by atomic mass is 79.9. The number of benzene rings is 2. The maximum atomic E-state index is 3.78. The Balaban J connectivity index is 2.20. The maximum Gasteiger partial charge on any atom is 0.0446 e. The van der Waals surface area contributed by atoms with Crippen LogP contribution >= 0.6 is 31.9 Å². The summed E-state index contributed by atoms with van der Waals surface area (Å²) in [5.41, 5.74) is 4.05. The predicted octanol–water partition coefficient (Wildman–Crippen LogP) is 5.44. The van der Waals surface area contributed by atoms with Gasteiger partial charge in [-0.3, -0.25) is 0 Å². The fourth-order valence-corrected chi connectivity index (χ4v) is 3.49. The van der Waals surface area contributed by atoms with Gasteiger partial charge in [0.1, 0.15) is 0 Å². The van der Waals surface area contributed by atoms with Crippen molar-refractivity contribution in [2.24, 2.45) is 0 Å². The number of hydrogen-bond acceptors (Lipinski definition) is 0. The van der Waals surface area contributed by atoms with E-state index in [1.165, 1.54) is 16.7 Å². The Morgan fingerprint density at radius 3 is 2.35 bits per heavy atom. The Labute approximate surface area is 119 Å². The molecule has 2 heteroatoms. The van der Waals surface area contributed by atoms with Crippen LogP contribution in [0.15, 0.2) is 53.0 Å². The molecule has 0 fully saturated rings. The van der Waals surface area contributed by atoms with E-state index in [2.05, 4.69) is 81.2 Å². The smallest absolute Gasteiger partial charge is 0.0446 e. The molecule has 2 aromatic carbocycles. The van der Waals surface area contributed by atoms with Crippen LogP contribution in [0, 0.1) is 6.92 Å². The van der Waals surface area contributed by atoms with Gasteiger partial charge in [0, 0.05) is 9.30 Å². The van der Waals surface area contributed by atoms with E-state index in [4.69, 9.17) is 0 Å². The molecule has 1 atom stereocenters. The molecule has 0 saturated heterocycles. The van der Waals surface area contributed by atoms with E-state index >= 15 is 0 Å². The molecule has 0 aliphatic rings. The van der Waals surface area contributed by atoms with Crippen molar-refractivity contribution < 1.29 is 0 Å². The molecular weight excluding hydrogens is 340 g/mol. The van der Waals surface area contributed by atoms with Crippen LogP contribution in [-0.2, 0) is 6.42 Å². The third kappa shape index (κ3) is 3.20. The molecule has 0 spiro atoms. The lowest BCUT2D eigenvalue weighted by Gasteiger charge is -2.13. The van der Waals surface area contributed by atoms with E-state index in [1.54, 1.807) is 0 Å². The molecule has 88 valence electrons. The molecule has 0 aliphatic carbocycles. The fourth-order valence-electron chi connectivity index (χ4n) is 1.87. The topological polar surface area (TPSA) is 0 Å². The van der Waals surface area contributed by atoms with Gasteiger partial charge in [0.2, 0.25) is 0 Å². The largest absolute Gasteiger partial charge is 0.0835 e. The quantitative estimate of drug-likeness (QED) is 0.645. The molecule has 2 aromatic rings. The summed E-state index contributed by atoms with van der Waals surface area (Å²) in [6, 6.07) is 16.9. The summed E-state index contributed by atoms with van der Waals surface area (Å²) in [4.78, 5) is 0.346. The highest BCUT2D eigenvalue weighted by Gasteiger charge is 2.12. The maximum absolute atomic E-state index is 3.78. The lowest BCUT2D eigenvalue weighted by Crippen LogP contribution is -1.98. The third-order valence-corrected chi connectivity index (χ3v) is 4.44. The summed E-state index contributed by atoms with van der Waals surface area (Å²) in [6.45, 7) is 2.16. The standard InChI is InChI=1S/C15H14Br2/c1-11-6-2-3-7-12(11)10-15(17)13-8-4-5-9-14(13)16/h2-9,15H,10H2,1H3. The average Bonchev–Trinajstić information content (AvgIpc) is 2.32. The van der Waals surface area contributed by atoms with Gasteiger partial charge in [-0.15, -0.1) is 0 Å². The van der Waals surface area contributed by atoms with Gasteiger partial charge in [0.25, 0.3) is 0 Å². The van der Waals surface area contributed by atoms with Crippen molar-refractivity contribution in [1.29, 1.82) is 0 Å². The number of rotatable bonds is 3.